The molecule has 0 aliphatic carbocycles. The fourth-order valence-electron chi connectivity index (χ4n) is 0.804. The van der Waals surface area contributed by atoms with Crippen molar-refractivity contribution >= 4 is 32.8 Å². The van der Waals surface area contributed by atoms with Crippen LogP contribution >= 0.6 is 27.3 Å². The Hall–Kier alpha value is -0.120. The highest BCUT2D eigenvalue weighted by Gasteiger charge is 1.97. The Bertz CT molecular complexity index is 265. The number of hydrogen-bond donors (Lipinski definition) is 1. The molecule has 0 fully saturated rings. The maximum atomic E-state index is 5.39. The molecule has 0 amide bonds. The minimum Gasteiger partial charge on any atom is -0.327 e. The third kappa shape index (κ3) is 2.43. The molecular weight excluding hydrogens is 222 g/mol. The summed E-state index contributed by atoms with van der Waals surface area (Å²) in [6.45, 7) is 2.69. The maximum absolute atomic E-state index is 5.39. The molecule has 2 N–H and O–H groups in total. The van der Waals surface area contributed by atoms with Crippen molar-refractivity contribution in [2.24, 2.45) is 5.73 Å². The van der Waals surface area contributed by atoms with E-state index in [1.807, 2.05) is 12.1 Å². The highest BCUT2D eigenvalue weighted by atomic mass is 79.9. The quantitative estimate of drug-likeness (QED) is 0.833. The summed E-state index contributed by atoms with van der Waals surface area (Å²) in [6, 6.07) is 4.14. The Balaban J connectivity index is 2.84. The van der Waals surface area contributed by atoms with Crippen LogP contribution < -0.4 is 5.73 Å². The number of thiophene rings is 1. The van der Waals surface area contributed by atoms with Gasteiger partial charge in [-0.15, -0.1) is 11.3 Å². The average Bonchev–Trinajstić information content (AvgIpc) is 2.36. The zero-order valence-corrected chi connectivity index (χ0v) is 8.71. The number of nitrogens with two attached hydrogens (primary N) is 1. The summed E-state index contributed by atoms with van der Waals surface area (Å²) in [5, 5.41) is 0. The van der Waals surface area contributed by atoms with Gasteiger partial charge in [0, 0.05) is 11.4 Å². The topological polar surface area (TPSA) is 26.0 Å². The second-order valence-corrected chi connectivity index (χ2v) is 4.69. The van der Waals surface area contributed by atoms with Gasteiger partial charge in [-0.3, -0.25) is 0 Å². The predicted molar refractivity (Wildman–Crippen MR) is 54.7 cm³/mol. The molecule has 0 aliphatic heterocycles. The van der Waals surface area contributed by atoms with E-state index in [-0.39, 0.29) is 0 Å². The van der Waals surface area contributed by atoms with Gasteiger partial charge in [0.05, 0.1) is 3.79 Å². The van der Waals surface area contributed by atoms with E-state index in [4.69, 9.17) is 5.73 Å². The van der Waals surface area contributed by atoms with Crippen LogP contribution in [0.3, 0.4) is 0 Å². The van der Waals surface area contributed by atoms with Gasteiger partial charge in [0.2, 0.25) is 0 Å². The summed E-state index contributed by atoms with van der Waals surface area (Å²) in [7, 11) is 0. The monoisotopic (exact) mass is 231 g/mol. The lowest BCUT2D eigenvalue weighted by molar-refractivity contribution is 1.25. The summed E-state index contributed by atoms with van der Waals surface area (Å²) in [6.07, 6.45) is 2.03. The molecule has 3 heteroatoms. The van der Waals surface area contributed by atoms with Gasteiger partial charge in [-0.1, -0.05) is 6.08 Å². The van der Waals surface area contributed by atoms with E-state index in [1.54, 1.807) is 11.3 Å². The van der Waals surface area contributed by atoms with Gasteiger partial charge in [-0.05, 0) is 40.6 Å². The number of hydrogen-bond acceptors (Lipinski definition) is 2. The van der Waals surface area contributed by atoms with Crippen molar-refractivity contribution in [3.05, 3.63) is 26.9 Å². The van der Waals surface area contributed by atoms with Crippen LogP contribution in [0.5, 0.6) is 0 Å². The van der Waals surface area contributed by atoms with Gasteiger partial charge in [-0.25, -0.2) is 0 Å². The molecule has 0 aromatic carbocycles. The SMILES string of the molecule is CC(=CCN)c1ccc(Br)s1. The Kier molecular flexibility index (Phi) is 3.30. The first-order valence-electron chi connectivity index (χ1n) is 3.36. The number of halogens is 1. The van der Waals surface area contributed by atoms with E-state index in [9.17, 15) is 0 Å². The van der Waals surface area contributed by atoms with Crippen LogP contribution in [0.25, 0.3) is 5.57 Å². The summed E-state index contributed by atoms with van der Waals surface area (Å²) >= 11 is 5.14. The van der Waals surface area contributed by atoms with Crippen LogP contribution in [-0.4, -0.2) is 6.54 Å². The van der Waals surface area contributed by atoms with Crippen LogP contribution in [0.15, 0.2) is 22.0 Å². The highest BCUT2D eigenvalue weighted by molar-refractivity contribution is 9.11. The molecule has 0 radical (unpaired) electrons. The van der Waals surface area contributed by atoms with Crippen molar-refractivity contribution in [3.8, 4) is 0 Å². The molecule has 60 valence electrons. The molecule has 1 rings (SSSR count). The van der Waals surface area contributed by atoms with Crippen molar-refractivity contribution in [1.82, 2.24) is 0 Å². The van der Waals surface area contributed by atoms with Gasteiger partial charge in [0.15, 0.2) is 0 Å². The molecule has 1 nitrogen and oxygen atoms in total. The second kappa shape index (κ2) is 4.04. The third-order valence-electron chi connectivity index (χ3n) is 1.39. The van der Waals surface area contributed by atoms with Crippen molar-refractivity contribution in [2.45, 2.75) is 6.92 Å². The lowest BCUT2D eigenvalue weighted by atomic mass is 10.2. The highest BCUT2D eigenvalue weighted by Crippen LogP contribution is 2.27. The minimum atomic E-state index is 0.612. The molecule has 0 aliphatic rings. The van der Waals surface area contributed by atoms with Crippen molar-refractivity contribution in [2.75, 3.05) is 6.54 Å². The zero-order valence-electron chi connectivity index (χ0n) is 6.30. The van der Waals surface area contributed by atoms with E-state index >= 15 is 0 Å². The van der Waals surface area contributed by atoms with Gasteiger partial charge < -0.3 is 5.73 Å². The van der Waals surface area contributed by atoms with E-state index in [0.29, 0.717) is 6.54 Å². The molecule has 1 aromatic rings. The smallest absolute Gasteiger partial charge is 0.0704 e. The predicted octanol–water partition coefficient (Wildman–Crippen LogP) is 2.87. The molecule has 0 spiro atoms. The second-order valence-electron chi connectivity index (χ2n) is 2.23. The Morgan fingerprint density at radius 1 is 1.73 bits per heavy atom. The summed E-state index contributed by atoms with van der Waals surface area (Å²) in [4.78, 5) is 1.28. The van der Waals surface area contributed by atoms with Gasteiger partial charge in [-0.2, -0.15) is 0 Å². The van der Waals surface area contributed by atoms with Crippen LogP contribution in [0.1, 0.15) is 11.8 Å². The Morgan fingerprint density at radius 2 is 2.45 bits per heavy atom. The average molecular weight is 232 g/mol. The van der Waals surface area contributed by atoms with E-state index < -0.39 is 0 Å². The fourth-order valence-corrected chi connectivity index (χ4v) is 2.19. The lowest BCUT2D eigenvalue weighted by Gasteiger charge is -1.93. The van der Waals surface area contributed by atoms with Gasteiger partial charge >= 0.3 is 0 Å². The molecular formula is C8H10BrNS. The van der Waals surface area contributed by atoms with E-state index in [0.717, 1.165) is 3.79 Å². The molecule has 0 saturated heterocycles. The largest absolute Gasteiger partial charge is 0.327 e. The zero-order chi connectivity index (χ0) is 8.27. The van der Waals surface area contributed by atoms with E-state index in [2.05, 4.69) is 28.9 Å². The van der Waals surface area contributed by atoms with Crippen LogP contribution in [-0.2, 0) is 0 Å². The normalized spacial score (nSPS) is 12.1. The van der Waals surface area contributed by atoms with Gasteiger partial charge in [0.1, 0.15) is 0 Å². The summed E-state index contributed by atoms with van der Waals surface area (Å²) in [5.41, 5.74) is 6.64. The first-order chi connectivity index (χ1) is 5.24. The minimum absolute atomic E-state index is 0.612. The molecule has 0 atom stereocenters. The van der Waals surface area contributed by atoms with Crippen LogP contribution in [0.2, 0.25) is 0 Å². The summed E-state index contributed by atoms with van der Waals surface area (Å²) in [5.74, 6) is 0. The lowest BCUT2D eigenvalue weighted by Crippen LogP contribution is -1.93. The first kappa shape index (κ1) is 8.97. The molecule has 0 saturated carbocycles. The van der Waals surface area contributed by atoms with Crippen LogP contribution in [0, 0.1) is 0 Å². The summed E-state index contributed by atoms with van der Waals surface area (Å²) < 4.78 is 1.16. The molecule has 0 unspecified atom stereocenters. The molecule has 0 bridgehead atoms. The van der Waals surface area contributed by atoms with Crippen molar-refractivity contribution in [1.29, 1.82) is 0 Å². The molecule has 1 heterocycles. The number of allylic oxidation sites excluding steroid dienone is 1. The maximum Gasteiger partial charge on any atom is 0.0704 e. The molecule has 1 aromatic heterocycles. The molecule has 11 heavy (non-hydrogen) atoms. The van der Waals surface area contributed by atoms with Crippen molar-refractivity contribution in [3.63, 3.8) is 0 Å². The van der Waals surface area contributed by atoms with E-state index in [1.165, 1.54) is 10.5 Å². The fraction of sp³-hybridized carbons (Fsp3) is 0.250. The number of rotatable bonds is 2. The first-order valence-corrected chi connectivity index (χ1v) is 4.97. The Labute approximate surface area is 79.0 Å². The Morgan fingerprint density at radius 3 is 2.91 bits per heavy atom. The third-order valence-corrected chi connectivity index (χ3v) is 3.14. The van der Waals surface area contributed by atoms with Crippen molar-refractivity contribution < 1.29 is 0 Å². The van der Waals surface area contributed by atoms with Crippen LogP contribution in [0.4, 0.5) is 0 Å². The van der Waals surface area contributed by atoms with Gasteiger partial charge in [0.25, 0.3) is 0 Å². The standard InChI is InChI=1S/C8H10BrNS/c1-6(4-5-10)7-2-3-8(9)11-7/h2-4H,5,10H2,1H3.